The highest BCUT2D eigenvalue weighted by molar-refractivity contribution is 8.02. The Bertz CT molecular complexity index is 1290. The molecule has 0 saturated heterocycles. The zero-order valence-electron chi connectivity index (χ0n) is 16.5. The maximum Gasteiger partial charge on any atom is 0.295 e. The van der Waals surface area contributed by atoms with Gasteiger partial charge in [0.2, 0.25) is 5.91 Å². The van der Waals surface area contributed by atoms with Gasteiger partial charge in [0.15, 0.2) is 4.34 Å². The summed E-state index contributed by atoms with van der Waals surface area (Å²) in [5.74, 6) is -0.247. The molecular weight excluding hydrogens is 440 g/mol. The molecule has 1 atom stereocenters. The van der Waals surface area contributed by atoms with Crippen molar-refractivity contribution in [3.63, 3.8) is 0 Å². The van der Waals surface area contributed by atoms with Crippen LogP contribution in [-0.2, 0) is 11.8 Å². The number of halogens is 1. The Kier molecular flexibility index (Phi) is 5.73. The highest BCUT2D eigenvalue weighted by Gasteiger charge is 2.22. The van der Waals surface area contributed by atoms with Crippen molar-refractivity contribution in [2.45, 2.75) is 23.4 Å². The highest BCUT2D eigenvalue weighted by Crippen LogP contribution is 2.33. The number of anilines is 1. The number of fused-ring (bicyclic) bond motifs is 1. The van der Waals surface area contributed by atoms with Crippen LogP contribution in [0.5, 0.6) is 0 Å². The van der Waals surface area contributed by atoms with Crippen molar-refractivity contribution in [1.29, 1.82) is 0 Å². The van der Waals surface area contributed by atoms with Gasteiger partial charge in [0.05, 0.1) is 26.8 Å². The van der Waals surface area contributed by atoms with E-state index in [1.807, 2.05) is 55.5 Å². The minimum atomic E-state index is -0.426. The summed E-state index contributed by atoms with van der Waals surface area (Å²) in [6.07, 6.45) is 0. The second-order valence-corrected chi connectivity index (χ2v) is 9.83. The third-order valence-corrected chi connectivity index (χ3v) is 7.24. The molecule has 30 heavy (non-hydrogen) atoms. The van der Waals surface area contributed by atoms with Crippen molar-refractivity contribution < 1.29 is 4.79 Å². The Balaban J connectivity index is 1.55. The second kappa shape index (κ2) is 8.29. The van der Waals surface area contributed by atoms with E-state index >= 15 is 0 Å². The average molecular weight is 459 g/mol. The van der Waals surface area contributed by atoms with Crippen molar-refractivity contribution >= 4 is 56.5 Å². The van der Waals surface area contributed by atoms with Gasteiger partial charge in [-0.25, -0.2) is 9.67 Å². The average Bonchev–Trinajstić information content (AvgIpc) is 3.21. The first-order valence-corrected chi connectivity index (χ1v) is 11.3. The number of nitrogens with one attached hydrogen (secondary N) is 1. The number of thioether (sulfide) groups is 1. The van der Waals surface area contributed by atoms with Gasteiger partial charge in [-0.1, -0.05) is 41.6 Å². The molecule has 1 amide bonds. The van der Waals surface area contributed by atoms with E-state index in [-0.39, 0.29) is 17.2 Å². The van der Waals surface area contributed by atoms with E-state index in [2.05, 4.69) is 10.3 Å². The Morgan fingerprint density at radius 1 is 1.23 bits per heavy atom. The van der Waals surface area contributed by atoms with E-state index in [4.69, 9.17) is 11.6 Å². The van der Waals surface area contributed by atoms with Crippen molar-refractivity contribution in [2.24, 2.45) is 7.05 Å². The molecule has 4 rings (SSSR count). The number of para-hydroxylation sites is 1. The molecule has 1 unspecified atom stereocenters. The molecule has 0 saturated carbocycles. The van der Waals surface area contributed by atoms with Gasteiger partial charge in [-0.05, 0) is 44.2 Å². The van der Waals surface area contributed by atoms with Crippen LogP contribution in [0.1, 0.15) is 12.6 Å². The molecule has 2 aromatic carbocycles. The third kappa shape index (κ3) is 3.90. The van der Waals surface area contributed by atoms with Crippen molar-refractivity contribution in [3.8, 4) is 5.69 Å². The maximum absolute atomic E-state index is 13.0. The first kappa shape index (κ1) is 20.7. The number of rotatable bonds is 5. The summed E-state index contributed by atoms with van der Waals surface area (Å²) >= 11 is 8.89. The molecule has 2 heterocycles. The first-order chi connectivity index (χ1) is 14.3. The van der Waals surface area contributed by atoms with E-state index in [0.717, 1.165) is 20.2 Å². The van der Waals surface area contributed by atoms with Gasteiger partial charge in [-0.3, -0.25) is 14.3 Å². The van der Waals surface area contributed by atoms with Gasteiger partial charge in [0.25, 0.3) is 5.56 Å². The number of thiazole rings is 1. The van der Waals surface area contributed by atoms with Crippen LogP contribution in [0.2, 0.25) is 5.02 Å². The van der Waals surface area contributed by atoms with E-state index in [9.17, 15) is 9.59 Å². The summed E-state index contributed by atoms with van der Waals surface area (Å²) in [6.45, 7) is 3.61. The molecule has 0 radical (unpaired) electrons. The summed E-state index contributed by atoms with van der Waals surface area (Å²) in [4.78, 5) is 30.3. The molecule has 4 aromatic rings. The summed E-state index contributed by atoms with van der Waals surface area (Å²) < 4.78 is 5.07. The van der Waals surface area contributed by atoms with E-state index in [0.29, 0.717) is 10.7 Å². The molecule has 154 valence electrons. The molecule has 2 aromatic heterocycles. The Hall–Kier alpha value is -2.55. The maximum atomic E-state index is 13.0. The number of carbonyl (C=O) groups is 1. The lowest BCUT2D eigenvalue weighted by molar-refractivity contribution is -0.115. The second-order valence-electron chi connectivity index (χ2n) is 6.78. The van der Waals surface area contributed by atoms with Gasteiger partial charge in [-0.15, -0.1) is 11.3 Å². The summed E-state index contributed by atoms with van der Waals surface area (Å²) in [6, 6.07) is 14.9. The molecule has 9 heteroatoms. The Morgan fingerprint density at radius 3 is 2.70 bits per heavy atom. The van der Waals surface area contributed by atoms with Crippen LogP contribution in [0.4, 0.5) is 5.69 Å². The number of aromatic nitrogens is 3. The lowest BCUT2D eigenvalue weighted by Gasteiger charge is -2.09. The zero-order chi connectivity index (χ0) is 21.4. The zero-order valence-corrected chi connectivity index (χ0v) is 18.9. The molecule has 1 N–H and O–H groups in total. The molecule has 0 aliphatic rings. The monoisotopic (exact) mass is 458 g/mol. The predicted octanol–water partition coefficient (Wildman–Crippen LogP) is 4.87. The van der Waals surface area contributed by atoms with E-state index < -0.39 is 5.25 Å². The SMILES string of the molecule is Cc1c(NC(=O)C(C)Sc2nc3cc(Cl)ccc3s2)c(=O)n(-c2ccccc2)n1C. The van der Waals surface area contributed by atoms with Crippen LogP contribution in [-0.4, -0.2) is 25.5 Å². The minimum Gasteiger partial charge on any atom is -0.319 e. The van der Waals surface area contributed by atoms with Gasteiger partial charge in [0.1, 0.15) is 5.69 Å². The molecule has 0 aliphatic carbocycles. The standard InChI is InChI=1S/C21H19ClN4O2S2/c1-12-18(20(28)26(25(12)3)15-7-5-4-6-8-15)24-19(27)13(2)29-21-23-16-11-14(22)9-10-17(16)30-21/h4-11,13H,1-3H3,(H,24,27). The van der Waals surface area contributed by atoms with Gasteiger partial charge in [0, 0.05) is 12.1 Å². The molecule has 0 fully saturated rings. The number of hydrogen-bond acceptors (Lipinski definition) is 5. The van der Waals surface area contributed by atoms with Crippen LogP contribution in [0, 0.1) is 6.92 Å². The van der Waals surface area contributed by atoms with Gasteiger partial charge in [-0.2, -0.15) is 0 Å². The van der Waals surface area contributed by atoms with Crippen molar-refractivity contribution in [1.82, 2.24) is 14.3 Å². The smallest absolute Gasteiger partial charge is 0.295 e. The summed E-state index contributed by atoms with van der Waals surface area (Å²) in [5, 5.41) is 3.02. The summed E-state index contributed by atoms with van der Waals surface area (Å²) in [7, 11) is 1.80. The van der Waals surface area contributed by atoms with Crippen LogP contribution in [0.15, 0.2) is 57.7 Å². The lowest BCUT2D eigenvalue weighted by atomic mass is 10.3. The molecule has 0 bridgehead atoms. The van der Waals surface area contributed by atoms with Gasteiger partial charge >= 0.3 is 0 Å². The highest BCUT2D eigenvalue weighted by atomic mass is 35.5. The number of nitrogens with zero attached hydrogens (tertiary/aromatic N) is 3. The fourth-order valence-corrected chi connectivity index (χ4v) is 5.43. The largest absolute Gasteiger partial charge is 0.319 e. The predicted molar refractivity (Wildman–Crippen MR) is 124 cm³/mol. The van der Waals surface area contributed by atoms with Crippen LogP contribution in [0.3, 0.4) is 0 Å². The molecule has 6 nitrogen and oxygen atoms in total. The van der Waals surface area contributed by atoms with Crippen LogP contribution < -0.4 is 10.9 Å². The first-order valence-electron chi connectivity index (χ1n) is 9.23. The minimum absolute atomic E-state index is 0.247. The van der Waals surface area contributed by atoms with E-state index in [1.165, 1.54) is 23.1 Å². The van der Waals surface area contributed by atoms with Crippen LogP contribution in [0.25, 0.3) is 15.9 Å². The number of hydrogen-bond donors (Lipinski definition) is 1. The number of benzene rings is 2. The topological polar surface area (TPSA) is 68.9 Å². The fourth-order valence-electron chi connectivity index (χ4n) is 3.07. The number of carbonyl (C=O) groups excluding carboxylic acids is 1. The quantitative estimate of drug-likeness (QED) is 0.433. The van der Waals surface area contributed by atoms with Crippen molar-refractivity contribution in [3.05, 3.63) is 69.6 Å². The molecule has 0 spiro atoms. The molecular formula is C21H19ClN4O2S2. The number of amides is 1. The van der Waals surface area contributed by atoms with Crippen molar-refractivity contribution in [2.75, 3.05) is 5.32 Å². The van der Waals surface area contributed by atoms with Crippen LogP contribution >= 0.6 is 34.7 Å². The molecule has 0 aliphatic heterocycles. The lowest BCUT2D eigenvalue weighted by Crippen LogP contribution is -2.27. The fraction of sp³-hybridized carbons (Fsp3) is 0.190. The normalized spacial score (nSPS) is 12.3. The third-order valence-electron chi connectivity index (χ3n) is 4.78. The van der Waals surface area contributed by atoms with Gasteiger partial charge < -0.3 is 5.32 Å². The van der Waals surface area contributed by atoms with E-state index in [1.54, 1.807) is 23.3 Å². The Morgan fingerprint density at radius 2 is 1.97 bits per heavy atom. The summed E-state index contributed by atoms with van der Waals surface area (Å²) in [5.41, 5.74) is 2.26. The Labute approximate surface area is 186 Å².